The number of hydrogen-bond donors (Lipinski definition) is 1. The number of hydrogen-bond acceptors (Lipinski definition) is 4. The Morgan fingerprint density at radius 2 is 2.08 bits per heavy atom. The molecule has 1 aromatic rings. The van der Waals surface area contributed by atoms with E-state index in [9.17, 15) is 13.2 Å². The Morgan fingerprint density at radius 1 is 1.42 bits per heavy atom. The van der Waals surface area contributed by atoms with Gasteiger partial charge in [0.15, 0.2) is 0 Å². The summed E-state index contributed by atoms with van der Waals surface area (Å²) >= 11 is 5.99. The van der Waals surface area contributed by atoms with Gasteiger partial charge in [0.25, 0.3) is 0 Å². The van der Waals surface area contributed by atoms with Crippen molar-refractivity contribution in [2.75, 3.05) is 30.8 Å². The molecule has 0 saturated heterocycles. The molecule has 6 nitrogen and oxygen atoms in total. The summed E-state index contributed by atoms with van der Waals surface area (Å²) in [5, 5.41) is 3.27. The molecule has 0 bridgehead atoms. The first-order chi connectivity index (χ1) is 11.1. The molecular weight excluding hydrogens is 352 g/mol. The average molecular weight is 377 g/mol. The van der Waals surface area contributed by atoms with E-state index in [-0.39, 0.29) is 24.9 Å². The summed E-state index contributed by atoms with van der Waals surface area (Å²) in [6, 6.07) is 5.03. The van der Waals surface area contributed by atoms with Gasteiger partial charge in [0, 0.05) is 31.1 Å². The number of carbonyl (C=O) groups is 1. The highest BCUT2D eigenvalue weighted by atomic mass is 35.5. The van der Waals surface area contributed by atoms with Crippen molar-refractivity contribution in [3.63, 3.8) is 0 Å². The molecule has 0 radical (unpaired) electrons. The van der Waals surface area contributed by atoms with Crippen LogP contribution in [0, 0.1) is 6.92 Å². The zero-order valence-corrected chi connectivity index (χ0v) is 16.1. The fraction of sp³-hybridized carbons (Fsp3) is 0.562. The maximum absolute atomic E-state index is 12.1. The van der Waals surface area contributed by atoms with Gasteiger partial charge in [-0.2, -0.15) is 0 Å². The zero-order valence-electron chi connectivity index (χ0n) is 14.5. The molecule has 1 amide bonds. The molecule has 0 heterocycles. The number of anilines is 1. The Hall–Kier alpha value is -1.31. The van der Waals surface area contributed by atoms with Crippen molar-refractivity contribution in [3.8, 4) is 0 Å². The number of sulfonamides is 1. The SMILES string of the molecule is COC[C@H](C)NC(=O)CCCN(c1cc(Cl)ccc1C)S(C)(=O)=O. The molecule has 0 unspecified atom stereocenters. The van der Waals surface area contributed by atoms with Gasteiger partial charge in [-0.3, -0.25) is 9.10 Å². The van der Waals surface area contributed by atoms with Crippen LogP contribution in [0.3, 0.4) is 0 Å². The number of halogens is 1. The van der Waals surface area contributed by atoms with E-state index in [4.69, 9.17) is 16.3 Å². The highest BCUT2D eigenvalue weighted by Crippen LogP contribution is 2.26. The molecule has 0 aromatic heterocycles. The lowest BCUT2D eigenvalue weighted by Gasteiger charge is -2.24. The van der Waals surface area contributed by atoms with Crippen LogP contribution in [0.1, 0.15) is 25.3 Å². The van der Waals surface area contributed by atoms with Gasteiger partial charge in [0.05, 0.1) is 18.6 Å². The Labute approximate surface area is 149 Å². The fourth-order valence-electron chi connectivity index (χ4n) is 2.34. The third-order valence-electron chi connectivity index (χ3n) is 3.43. The third-order valence-corrected chi connectivity index (χ3v) is 4.84. The van der Waals surface area contributed by atoms with Crippen molar-refractivity contribution in [2.24, 2.45) is 0 Å². The van der Waals surface area contributed by atoms with E-state index >= 15 is 0 Å². The Balaban J connectivity index is 2.73. The van der Waals surface area contributed by atoms with Crippen molar-refractivity contribution in [1.29, 1.82) is 0 Å². The molecule has 0 aliphatic heterocycles. The number of aryl methyl sites for hydroxylation is 1. The lowest BCUT2D eigenvalue weighted by molar-refractivity contribution is -0.122. The summed E-state index contributed by atoms with van der Waals surface area (Å²) in [4.78, 5) is 11.9. The van der Waals surface area contributed by atoms with Gasteiger partial charge in [-0.25, -0.2) is 8.42 Å². The van der Waals surface area contributed by atoms with Gasteiger partial charge in [-0.05, 0) is 38.0 Å². The van der Waals surface area contributed by atoms with Crippen LogP contribution in [0.5, 0.6) is 0 Å². The summed E-state index contributed by atoms with van der Waals surface area (Å²) < 4.78 is 30.5. The van der Waals surface area contributed by atoms with Crippen molar-refractivity contribution >= 4 is 33.2 Å². The monoisotopic (exact) mass is 376 g/mol. The van der Waals surface area contributed by atoms with Gasteiger partial charge in [-0.15, -0.1) is 0 Å². The number of nitrogens with one attached hydrogen (secondary N) is 1. The summed E-state index contributed by atoms with van der Waals surface area (Å²) in [5.41, 5.74) is 1.35. The summed E-state index contributed by atoms with van der Waals surface area (Å²) in [5.74, 6) is -0.129. The minimum absolute atomic E-state index is 0.0799. The van der Waals surface area contributed by atoms with Crippen LogP contribution in [0.15, 0.2) is 18.2 Å². The third kappa shape index (κ3) is 6.67. The lowest BCUT2D eigenvalue weighted by atomic mass is 10.2. The topological polar surface area (TPSA) is 75.7 Å². The molecule has 1 aromatic carbocycles. The molecule has 0 spiro atoms. The van der Waals surface area contributed by atoms with Gasteiger partial charge >= 0.3 is 0 Å². The van der Waals surface area contributed by atoms with Crippen molar-refractivity contribution in [3.05, 3.63) is 28.8 Å². The smallest absolute Gasteiger partial charge is 0.232 e. The van der Waals surface area contributed by atoms with Crippen LogP contribution >= 0.6 is 11.6 Å². The predicted octanol–water partition coefficient (Wildman–Crippen LogP) is 2.35. The maximum atomic E-state index is 12.1. The van der Waals surface area contributed by atoms with E-state index in [2.05, 4.69) is 5.32 Å². The van der Waals surface area contributed by atoms with Crippen LogP contribution in [0.25, 0.3) is 0 Å². The second-order valence-electron chi connectivity index (χ2n) is 5.79. The summed E-state index contributed by atoms with van der Waals surface area (Å²) in [6.07, 6.45) is 1.79. The van der Waals surface area contributed by atoms with Crippen molar-refractivity contribution in [2.45, 2.75) is 32.7 Å². The summed E-state index contributed by atoms with van der Waals surface area (Å²) in [6.45, 7) is 4.32. The first kappa shape index (κ1) is 20.7. The largest absolute Gasteiger partial charge is 0.383 e. The van der Waals surface area contributed by atoms with Gasteiger partial charge < -0.3 is 10.1 Å². The Kier molecular flexibility index (Phi) is 7.99. The standard InChI is InChI=1S/C16H25ClN2O4S/c1-12-7-8-14(17)10-15(12)19(24(4,21)22)9-5-6-16(20)18-13(2)11-23-3/h7-8,10,13H,5-6,9,11H2,1-4H3,(H,18,20)/t13-/m0/s1. The first-order valence-electron chi connectivity index (χ1n) is 7.67. The molecule has 0 saturated carbocycles. The van der Waals surface area contributed by atoms with E-state index in [1.165, 1.54) is 4.31 Å². The molecule has 0 aliphatic carbocycles. The van der Waals surface area contributed by atoms with Crippen molar-refractivity contribution < 1.29 is 17.9 Å². The zero-order chi connectivity index (χ0) is 18.3. The van der Waals surface area contributed by atoms with E-state index in [1.807, 2.05) is 13.8 Å². The Morgan fingerprint density at radius 3 is 2.67 bits per heavy atom. The number of methoxy groups -OCH3 is 1. The molecule has 0 aliphatic rings. The quantitative estimate of drug-likeness (QED) is 0.717. The van der Waals surface area contributed by atoms with E-state index in [0.717, 1.165) is 11.8 Å². The van der Waals surface area contributed by atoms with E-state index in [1.54, 1.807) is 25.3 Å². The van der Waals surface area contributed by atoms with Gasteiger partial charge in [0.1, 0.15) is 0 Å². The number of nitrogens with zero attached hydrogens (tertiary/aromatic N) is 1. The molecule has 136 valence electrons. The van der Waals surface area contributed by atoms with Crippen LogP contribution in [0.4, 0.5) is 5.69 Å². The van der Waals surface area contributed by atoms with Crippen molar-refractivity contribution in [1.82, 2.24) is 5.32 Å². The molecule has 1 rings (SSSR count). The van der Waals surface area contributed by atoms with Crippen LogP contribution < -0.4 is 9.62 Å². The molecule has 24 heavy (non-hydrogen) atoms. The maximum Gasteiger partial charge on any atom is 0.232 e. The highest BCUT2D eigenvalue weighted by molar-refractivity contribution is 7.92. The number of rotatable bonds is 9. The first-order valence-corrected chi connectivity index (χ1v) is 9.90. The Bertz CT molecular complexity index is 664. The highest BCUT2D eigenvalue weighted by Gasteiger charge is 2.20. The number of ether oxygens (including phenoxy) is 1. The minimum Gasteiger partial charge on any atom is -0.383 e. The van der Waals surface area contributed by atoms with Gasteiger partial charge in [0.2, 0.25) is 15.9 Å². The average Bonchev–Trinajstić information content (AvgIpc) is 2.45. The van der Waals surface area contributed by atoms with E-state index < -0.39 is 10.0 Å². The summed E-state index contributed by atoms with van der Waals surface area (Å²) in [7, 11) is -1.89. The molecule has 8 heteroatoms. The molecule has 0 fully saturated rings. The van der Waals surface area contributed by atoms with Crippen LogP contribution in [-0.4, -0.2) is 46.9 Å². The molecular formula is C16H25ClN2O4S. The minimum atomic E-state index is -3.46. The second-order valence-corrected chi connectivity index (χ2v) is 8.14. The number of amides is 1. The predicted molar refractivity (Wildman–Crippen MR) is 97.1 cm³/mol. The molecule has 1 atom stereocenters. The molecule has 1 N–H and O–H groups in total. The fourth-order valence-corrected chi connectivity index (χ4v) is 3.52. The second kappa shape index (κ2) is 9.25. The normalized spacial score (nSPS) is 12.7. The van der Waals surface area contributed by atoms with Crippen LogP contribution in [0.2, 0.25) is 5.02 Å². The van der Waals surface area contributed by atoms with E-state index in [0.29, 0.717) is 23.7 Å². The lowest BCUT2D eigenvalue weighted by Crippen LogP contribution is -2.36. The number of benzene rings is 1. The number of carbonyl (C=O) groups excluding carboxylic acids is 1. The van der Waals surface area contributed by atoms with Crippen LogP contribution in [-0.2, 0) is 19.6 Å². The van der Waals surface area contributed by atoms with Gasteiger partial charge in [-0.1, -0.05) is 17.7 Å².